The zero-order chi connectivity index (χ0) is 17.8. The van der Waals surface area contributed by atoms with Crippen molar-refractivity contribution in [3.63, 3.8) is 0 Å². The second-order valence-electron chi connectivity index (χ2n) is 6.95. The van der Waals surface area contributed by atoms with Gasteiger partial charge in [0.15, 0.2) is 6.54 Å². The standard InChI is InChI=1S/C19H26N2O3S/c1-14-7-12-21(16-5-3-4-6-17(16)25-14)18(22)13-20-10-8-15(9-11-20)19(23)24-2/h3-6,14-15H,7-13H2,1-2H3/p+1/t14-/m1/s1. The van der Waals surface area contributed by atoms with E-state index >= 15 is 0 Å². The number of para-hydroxylation sites is 1. The van der Waals surface area contributed by atoms with Gasteiger partial charge in [0, 0.05) is 29.5 Å². The van der Waals surface area contributed by atoms with Crippen molar-refractivity contribution >= 4 is 29.3 Å². The number of piperidine rings is 1. The van der Waals surface area contributed by atoms with Crippen LogP contribution in [0.4, 0.5) is 5.69 Å². The fourth-order valence-electron chi connectivity index (χ4n) is 3.66. The molecule has 1 fully saturated rings. The fourth-order valence-corrected chi connectivity index (χ4v) is 4.77. The van der Waals surface area contributed by atoms with Crippen molar-refractivity contribution < 1.29 is 19.2 Å². The first kappa shape index (κ1) is 18.3. The van der Waals surface area contributed by atoms with Gasteiger partial charge in [-0.15, -0.1) is 11.8 Å². The zero-order valence-electron chi connectivity index (χ0n) is 15.0. The number of rotatable bonds is 3. The van der Waals surface area contributed by atoms with Gasteiger partial charge < -0.3 is 14.5 Å². The Morgan fingerprint density at radius 1 is 1.24 bits per heavy atom. The summed E-state index contributed by atoms with van der Waals surface area (Å²) in [5, 5.41) is 0.516. The van der Waals surface area contributed by atoms with Gasteiger partial charge >= 0.3 is 5.97 Å². The summed E-state index contributed by atoms with van der Waals surface area (Å²) in [4.78, 5) is 29.0. The lowest BCUT2D eigenvalue weighted by molar-refractivity contribution is -0.897. The third kappa shape index (κ3) is 4.36. The third-order valence-corrected chi connectivity index (χ3v) is 6.41. The van der Waals surface area contributed by atoms with Crippen LogP contribution in [0.25, 0.3) is 0 Å². The topological polar surface area (TPSA) is 51.1 Å². The summed E-state index contributed by atoms with van der Waals surface area (Å²) in [6.07, 6.45) is 2.61. The molecule has 2 heterocycles. The molecule has 25 heavy (non-hydrogen) atoms. The number of carbonyl (C=O) groups is 2. The van der Waals surface area contributed by atoms with Crippen LogP contribution in [-0.4, -0.2) is 50.4 Å². The molecule has 6 heteroatoms. The number of thioether (sulfide) groups is 1. The largest absolute Gasteiger partial charge is 0.469 e. The minimum Gasteiger partial charge on any atom is -0.469 e. The summed E-state index contributed by atoms with van der Waals surface area (Å²) in [5.41, 5.74) is 1.05. The normalized spacial score (nSPS) is 26.5. The summed E-state index contributed by atoms with van der Waals surface area (Å²) >= 11 is 1.85. The van der Waals surface area contributed by atoms with Crippen LogP contribution in [0.1, 0.15) is 26.2 Å². The van der Waals surface area contributed by atoms with E-state index < -0.39 is 0 Å². The number of hydrogen-bond donors (Lipinski definition) is 1. The molecule has 1 aromatic carbocycles. The maximum atomic E-state index is 13.0. The molecule has 5 nitrogen and oxygen atoms in total. The highest BCUT2D eigenvalue weighted by atomic mass is 32.2. The number of amides is 1. The number of esters is 1. The van der Waals surface area contributed by atoms with Crippen LogP contribution >= 0.6 is 11.8 Å². The average molecular weight is 364 g/mol. The second kappa shape index (κ2) is 8.23. The molecule has 0 aromatic heterocycles. The fraction of sp³-hybridized carbons (Fsp3) is 0.579. The molecular formula is C19H27N2O3S+. The average Bonchev–Trinajstić information content (AvgIpc) is 2.79. The van der Waals surface area contributed by atoms with Gasteiger partial charge in [-0.1, -0.05) is 19.1 Å². The Labute approximate surface area is 153 Å². The molecule has 136 valence electrons. The molecule has 0 radical (unpaired) electrons. The van der Waals surface area contributed by atoms with Gasteiger partial charge in [0.2, 0.25) is 0 Å². The first-order valence-electron chi connectivity index (χ1n) is 9.06. The number of nitrogens with zero attached hydrogens (tertiary/aromatic N) is 1. The van der Waals surface area contributed by atoms with Gasteiger partial charge in [-0.25, -0.2) is 0 Å². The number of ether oxygens (including phenoxy) is 1. The lowest BCUT2D eigenvalue weighted by Crippen LogP contribution is -3.14. The van der Waals surface area contributed by atoms with E-state index in [0.29, 0.717) is 11.8 Å². The van der Waals surface area contributed by atoms with E-state index in [9.17, 15) is 9.59 Å². The molecule has 1 amide bonds. The Morgan fingerprint density at radius 2 is 1.96 bits per heavy atom. The van der Waals surface area contributed by atoms with E-state index in [-0.39, 0.29) is 17.8 Å². The minimum absolute atomic E-state index is 0.0000132. The van der Waals surface area contributed by atoms with Crippen LogP contribution in [0.5, 0.6) is 0 Å². The van der Waals surface area contributed by atoms with Crippen molar-refractivity contribution in [2.75, 3.05) is 38.2 Å². The first-order chi connectivity index (χ1) is 12.1. The Bertz CT molecular complexity index is 629. The van der Waals surface area contributed by atoms with Crippen molar-refractivity contribution in [3.05, 3.63) is 24.3 Å². The maximum Gasteiger partial charge on any atom is 0.309 e. The number of methoxy groups -OCH3 is 1. The van der Waals surface area contributed by atoms with Crippen molar-refractivity contribution in [3.8, 4) is 0 Å². The Kier molecular flexibility index (Phi) is 6.02. The molecule has 0 aliphatic carbocycles. The van der Waals surface area contributed by atoms with E-state index in [1.54, 1.807) is 0 Å². The predicted octanol–water partition coefficient (Wildman–Crippen LogP) is 1.37. The van der Waals surface area contributed by atoms with Crippen LogP contribution in [0.2, 0.25) is 0 Å². The molecule has 2 aliphatic heterocycles. The lowest BCUT2D eigenvalue weighted by atomic mass is 9.97. The molecular weight excluding hydrogens is 336 g/mol. The Morgan fingerprint density at radius 3 is 2.68 bits per heavy atom. The molecule has 1 aromatic rings. The molecule has 0 bridgehead atoms. The van der Waals surface area contributed by atoms with Crippen molar-refractivity contribution in [1.29, 1.82) is 0 Å². The molecule has 1 atom stereocenters. The number of likely N-dealkylation sites (tertiary alicyclic amines) is 1. The summed E-state index contributed by atoms with van der Waals surface area (Å²) in [7, 11) is 1.45. The molecule has 0 saturated carbocycles. The Hall–Kier alpha value is -1.53. The van der Waals surface area contributed by atoms with Gasteiger partial charge in [-0.05, 0) is 18.6 Å². The highest BCUT2D eigenvalue weighted by molar-refractivity contribution is 8.00. The highest BCUT2D eigenvalue weighted by Gasteiger charge is 2.31. The Balaban J connectivity index is 1.63. The molecule has 0 spiro atoms. The van der Waals surface area contributed by atoms with Crippen molar-refractivity contribution in [2.24, 2.45) is 5.92 Å². The number of quaternary nitrogens is 1. The number of anilines is 1. The van der Waals surface area contributed by atoms with Crippen LogP contribution in [0, 0.1) is 5.92 Å². The smallest absolute Gasteiger partial charge is 0.309 e. The monoisotopic (exact) mass is 363 g/mol. The predicted molar refractivity (Wildman–Crippen MR) is 99.0 cm³/mol. The van der Waals surface area contributed by atoms with Gasteiger partial charge in [-0.3, -0.25) is 9.59 Å². The van der Waals surface area contributed by atoms with Gasteiger partial charge in [0.05, 0.1) is 31.8 Å². The van der Waals surface area contributed by atoms with Gasteiger partial charge in [0.25, 0.3) is 5.91 Å². The van der Waals surface area contributed by atoms with E-state index in [4.69, 9.17) is 4.74 Å². The van der Waals surface area contributed by atoms with E-state index in [1.807, 2.05) is 28.8 Å². The summed E-state index contributed by atoms with van der Waals surface area (Å²) < 4.78 is 4.84. The van der Waals surface area contributed by atoms with Crippen molar-refractivity contribution in [2.45, 2.75) is 36.3 Å². The van der Waals surface area contributed by atoms with E-state index in [2.05, 4.69) is 19.1 Å². The lowest BCUT2D eigenvalue weighted by Gasteiger charge is -2.30. The summed E-state index contributed by atoms with van der Waals surface area (Å²) in [6.45, 7) is 5.21. The molecule has 0 unspecified atom stereocenters. The van der Waals surface area contributed by atoms with Crippen LogP contribution in [0.3, 0.4) is 0 Å². The zero-order valence-corrected chi connectivity index (χ0v) is 15.8. The quantitative estimate of drug-likeness (QED) is 0.824. The van der Waals surface area contributed by atoms with E-state index in [0.717, 1.165) is 44.6 Å². The number of hydrogen-bond acceptors (Lipinski definition) is 4. The van der Waals surface area contributed by atoms with Crippen molar-refractivity contribution in [1.82, 2.24) is 0 Å². The highest BCUT2D eigenvalue weighted by Crippen LogP contribution is 2.37. The van der Waals surface area contributed by atoms with Crippen LogP contribution < -0.4 is 9.80 Å². The summed E-state index contributed by atoms with van der Waals surface area (Å²) in [5.74, 6) is 0.0755. The number of fused-ring (bicyclic) bond motifs is 1. The first-order valence-corrected chi connectivity index (χ1v) is 9.94. The molecule has 1 saturated heterocycles. The molecule has 3 rings (SSSR count). The minimum atomic E-state index is -0.113. The van der Waals surface area contributed by atoms with Gasteiger partial charge in [-0.2, -0.15) is 0 Å². The second-order valence-corrected chi connectivity index (χ2v) is 8.43. The van der Waals surface area contributed by atoms with Crippen LogP contribution in [-0.2, 0) is 14.3 Å². The number of nitrogens with one attached hydrogen (secondary N) is 1. The number of benzene rings is 1. The maximum absolute atomic E-state index is 13.0. The third-order valence-electron chi connectivity index (χ3n) is 5.17. The summed E-state index contributed by atoms with van der Waals surface area (Å²) in [6, 6.07) is 8.20. The SMILES string of the molecule is COC(=O)C1CC[NH+](CC(=O)N2CC[C@@H](C)Sc3ccccc32)CC1. The molecule has 1 N–H and O–H groups in total. The van der Waals surface area contributed by atoms with E-state index in [1.165, 1.54) is 16.9 Å². The molecule has 2 aliphatic rings. The van der Waals surface area contributed by atoms with Crippen LogP contribution in [0.15, 0.2) is 29.2 Å². The number of carbonyl (C=O) groups excluding carboxylic acids is 2. The van der Waals surface area contributed by atoms with Gasteiger partial charge in [0.1, 0.15) is 0 Å².